The Morgan fingerprint density at radius 2 is 2.04 bits per heavy atom. The van der Waals surface area contributed by atoms with Gasteiger partial charge in [0.15, 0.2) is 10.3 Å². The number of nitrogens with zero attached hydrogens (tertiary/aromatic N) is 3. The summed E-state index contributed by atoms with van der Waals surface area (Å²) in [4.78, 5) is 23.7. The van der Waals surface area contributed by atoms with E-state index in [1.165, 1.54) is 11.8 Å². The molecule has 7 heteroatoms. The number of allylic oxidation sites excluding steroid dienone is 1. The van der Waals surface area contributed by atoms with Crippen LogP contribution in [-0.4, -0.2) is 27.5 Å². The van der Waals surface area contributed by atoms with Crippen molar-refractivity contribution in [2.24, 2.45) is 4.99 Å². The SMILES string of the molecule is CCN1C(=O)/C(=C(\C)c2ccc(Br)cc2)SC1=Nc1cccnc1Cl. The maximum Gasteiger partial charge on any atom is 0.267 e. The Kier molecular flexibility index (Phi) is 5.61. The van der Waals surface area contributed by atoms with Gasteiger partial charge in [-0.05, 0) is 61.0 Å². The van der Waals surface area contributed by atoms with Crippen LogP contribution < -0.4 is 0 Å². The molecule has 0 bridgehead atoms. The summed E-state index contributed by atoms with van der Waals surface area (Å²) in [5, 5.41) is 0.940. The van der Waals surface area contributed by atoms with Gasteiger partial charge in [-0.25, -0.2) is 9.98 Å². The number of carbonyl (C=O) groups excluding carboxylic acids is 1. The highest BCUT2D eigenvalue weighted by molar-refractivity contribution is 9.10. The summed E-state index contributed by atoms with van der Waals surface area (Å²) in [6.45, 7) is 4.42. The van der Waals surface area contributed by atoms with E-state index in [2.05, 4.69) is 25.9 Å². The molecular weight excluding hydrogens is 422 g/mol. The maximum atomic E-state index is 12.8. The number of amides is 1. The molecule has 4 nitrogen and oxygen atoms in total. The van der Waals surface area contributed by atoms with Gasteiger partial charge in [0.1, 0.15) is 5.69 Å². The normalized spacial score (nSPS) is 18.2. The lowest BCUT2D eigenvalue weighted by atomic mass is 10.1. The molecule has 0 unspecified atom stereocenters. The Labute approximate surface area is 164 Å². The van der Waals surface area contributed by atoms with E-state index in [0.717, 1.165) is 15.6 Å². The van der Waals surface area contributed by atoms with E-state index in [1.54, 1.807) is 23.2 Å². The predicted molar refractivity (Wildman–Crippen MR) is 108 cm³/mol. The van der Waals surface area contributed by atoms with Crippen molar-refractivity contribution in [3.8, 4) is 0 Å². The lowest BCUT2D eigenvalue weighted by Crippen LogP contribution is -2.28. The maximum absolute atomic E-state index is 12.8. The predicted octanol–water partition coefficient (Wildman–Crippen LogP) is 5.51. The lowest BCUT2D eigenvalue weighted by molar-refractivity contribution is -0.122. The van der Waals surface area contributed by atoms with Gasteiger partial charge in [-0.15, -0.1) is 0 Å². The second-order valence-corrected chi connectivity index (χ2v) is 7.57. The molecule has 1 saturated heterocycles. The summed E-state index contributed by atoms with van der Waals surface area (Å²) in [6, 6.07) is 11.5. The van der Waals surface area contributed by atoms with Gasteiger partial charge >= 0.3 is 0 Å². The highest BCUT2D eigenvalue weighted by atomic mass is 79.9. The van der Waals surface area contributed by atoms with Crippen molar-refractivity contribution in [2.75, 3.05) is 6.54 Å². The second kappa shape index (κ2) is 7.72. The molecule has 2 aromatic rings. The quantitative estimate of drug-likeness (QED) is 0.470. The number of amidine groups is 1. The van der Waals surface area contributed by atoms with Gasteiger partial charge in [0.2, 0.25) is 0 Å². The summed E-state index contributed by atoms with van der Waals surface area (Å²) >= 11 is 10.9. The first-order valence-electron chi connectivity index (χ1n) is 7.67. The van der Waals surface area contributed by atoms with E-state index in [4.69, 9.17) is 11.6 Å². The van der Waals surface area contributed by atoms with E-state index < -0.39 is 0 Å². The van der Waals surface area contributed by atoms with E-state index in [1.807, 2.05) is 38.1 Å². The minimum atomic E-state index is -0.0355. The van der Waals surface area contributed by atoms with Gasteiger partial charge in [0, 0.05) is 17.2 Å². The Morgan fingerprint density at radius 1 is 1.32 bits per heavy atom. The first-order valence-corrected chi connectivity index (χ1v) is 9.65. The molecule has 1 fully saturated rings. The van der Waals surface area contributed by atoms with Gasteiger partial charge in [0.05, 0.1) is 4.91 Å². The monoisotopic (exact) mass is 435 g/mol. The summed E-state index contributed by atoms with van der Waals surface area (Å²) in [6.07, 6.45) is 1.61. The van der Waals surface area contributed by atoms with Crippen LogP contribution in [0, 0.1) is 0 Å². The number of hydrogen-bond donors (Lipinski definition) is 0. The molecule has 0 radical (unpaired) electrons. The molecule has 0 atom stereocenters. The van der Waals surface area contributed by atoms with Gasteiger partial charge in [-0.3, -0.25) is 9.69 Å². The highest BCUT2D eigenvalue weighted by Gasteiger charge is 2.34. The highest BCUT2D eigenvalue weighted by Crippen LogP contribution is 2.38. The molecule has 0 aliphatic carbocycles. The molecule has 1 aliphatic rings. The van der Waals surface area contributed by atoms with Crippen molar-refractivity contribution in [1.29, 1.82) is 0 Å². The summed E-state index contributed by atoms with van der Waals surface area (Å²) in [7, 11) is 0. The zero-order valence-corrected chi connectivity index (χ0v) is 16.8. The summed E-state index contributed by atoms with van der Waals surface area (Å²) in [5.74, 6) is -0.0355. The molecule has 25 heavy (non-hydrogen) atoms. The molecule has 128 valence electrons. The van der Waals surface area contributed by atoms with Crippen LogP contribution in [0.5, 0.6) is 0 Å². The van der Waals surface area contributed by atoms with Crippen molar-refractivity contribution in [1.82, 2.24) is 9.88 Å². The van der Waals surface area contributed by atoms with Crippen LogP contribution in [0.15, 0.2) is 57.0 Å². The smallest absolute Gasteiger partial charge is 0.267 e. The molecular formula is C18H15BrClN3OS. The lowest BCUT2D eigenvalue weighted by Gasteiger charge is -2.12. The number of benzene rings is 1. The van der Waals surface area contributed by atoms with Crippen molar-refractivity contribution in [2.45, 2.75) is 13.8 Å². The van der Waals surface area contributed by atoms with Crippen LogP contribution in [0.3, 0.4) is 0 Å². The number of hydrogen-bond acceptors (Lipinski definition) is 4. The van der Waals surface area contributed by atoms with Crippen LogP contribution >= 0.6 is 39.3 Å². The first kappa shape index (κ1) is 18.2. The van der Waals surface area contributed by atoms with Crippen LogP contribution in [-0.2, 0) is 4.79 Å². The average molecular weight is 437 g/mol. The van der Waals surface area contributed by atoms with Crippen LogP contribution in [0.4, 0.5) is 5.69 Å². The van der Waals surface area contributed by atoms with Crippen molar-refractivity contribution in [3.63, 3.8) is 0 Å². The Bertz CT molecular complexity index is 880. The molecule has 1 amide bonds. The van der Waals surface area contributed by atoms with E-state index in [0.29, 0.717) is 27.5 Å². The average Bonchev–Trinajstić information content (AvgIpc) is 2.92. The van der Waals surface area contributed by atoms with Gasteiger partial charge in [-0.2, -0.15) is 0 Å². The zero-order valence-electron chi connectivity index (χ0n) is 13.7. The minimum absolute atomic E-state index is 0.0355. The zero-order chi connectivity index (χ0) is 18.0. The molecule has 0 N–H and O–H groups in total. The molecule has 1 aliphatic heterocycles. The molecule has 1 aromatic carbocycles. The fourth-order valence-corrected chi connectivity index (χ4v) is 3.94. The van der Waals surface area contributed by atoms with Crippen LogP contribution in [0.25, 0.3) is 5.57 Å². The third-order valence-corrected chi connectivity index (χ3v) is 5.75. The largest absolute Gasteiger partial charge is 0.287 e. The van der Waals surface area contributed by atoms with E-state index >= 15 is 0 Å². The Morgan fingerprint density at radius 3 is 2.68 bits per heavy atom. The third kappa shape index (κ3) is 3.81. The van der Waals surface area contributed by atoms with Gasteiger partial charge in [-0.1, -0.05) is 39.7 Å². The van der Waals surface area contributed by atoms with E-state index in [-0.39, 0.29) is 5.91 Å². The van der Waals surface area contributed by atoms with Crippen LogP contribution in [0.1, 0.15) is 19.4 Å². The number of pyridine rings is 1. The molecule has 0 saturated carbocycles. The first-order chi connectivity index (χ1) is 12.0. The van der Waals surface area contributed by atoms with Gasteiger partial charge < -0.3 is 0 Å². The Balaban J connectivity index is 2.01. The number of aromatic nitrogens is 1. The van der Waals surface area contributed by atoms with Crippen molar-refractivity contribution < 1.29 is 4.79 Å². The van der Waals surface area contributed by atoms with Gasteiger partial charge in [0.25, 0.3) is 5.91 Å². The number of likely N-dealkylation sites (N-methyl/N-ethyl adjacent to an activating group) is 1. The number of aliphatic imine (C=N–C) groups is 1. The van der Waals surface area contributed by atoms with Crippen molar-refractivity contribution >= 4 is 61.6 Å². The fourth-order valence-electron chi connectivity index (χ4n) is 2.39. The van der Waals surface area contributed by atoms with Crippen molar-refractivity contribution in [3.05, 3.63) is 62.7 Å². The van der Waals surface area contributed by atoms with Crippen LogP contribution in [0.2, 0.25) is 5.15 Å². The molecule has 1 aromatic heterocycles. The number of rotatable bonds is 3. The summed E-state index contributed by atoms with van der Waals surface area (Å²) in [5.41, 5.74) is 2.50. The number of halogens is 2. The number of carbonyl (C=O) groups is 1. The van der Waals surface area contributed by atoms with E-state index in [9.17, 15) is 4.79 Å². The summed E-state index contributed by atoms with van der Waals surface area (Å²) < 4.78 is 1.00. The Hall–Kier alpha value is -1.63. The topological polar surface area (TPSA) is 45.6 Å². The standard InChI is InChI=1S/C18H15BrClN3OS/c1-3-23-17(24)15(11(2)12-6-8-13(19)9-7-12)25-18(23)22-14-5-4-10-21-16(14)20/h4-10H,3H2,1-2H3/b15-11-,22-18?. The molecule has 0 spiro atoms. The minimum Gasteiger partial charge on any atom is -0.287 e. The molecule has 3 rings (SSSR count). The molecule has 2 heterocycles. The second-order valence-electron chi connectivity index (χ2n) is 5.32. The number of thioether (sulfide) groups is 1. The fraction of sp³-hybridized carbons (Fsp3) is 0.167. The third-order valence-electron chi connectivity index (χ3n) is 3.75.